The van der Waals surface area contributed by atoms with Crippen LogP contribution in [0.2, 0.25) is 0 Å². The maximum Gasteiger partial charge on any atom is 0.322 e. The van der Waals surface area contributed by atoms with E-state index < -0.39 is 0 Å². The molecule has 1 aliphatic heterocycles. The number of aryl methyl sites for hydroxylation is 2. The number of carbonyl (C=O) groups excluding carboxylic acids is 1. The fraction of sp³-hybridized carbons (Fsp3) is 0.571. The van der Waals surface area contributed by atoms with Crippen molar-refractivity contribution >= 4 is 17.3 Å². The Morgan fingerprint density at radius 1 is 1.08 bits per heavy atom. The molecule has 1 aromatic carbocycles. The molecule has 130 valence electrons. The van der Waals surface area contributed by atoms with Crippen molar-refractivity contribution in [2.45, 2.75) is 78.3 Å². The van der Waals surface area contributed by atoms with Gasteiger partial charge in [-0.2, -0.15) is 0 Å². The lowest BCUT2D eigenvalue weighted by Gasteiger charge is -2.42. The monoisotopic (exact) mass is 326 g/mol. The molecule has 0 unspecified atom stereocenters. The normalized spacial score (nSPS) is 20.4. The Morgan fingerprint density at radius 3 is 2.38 bits per heavy atom. The SMILES string of the molecule is CC1=CC(C)(C)N(C(=O)NC2CCCCC2)c2cc(C)c(C)cc21. The van der Waals surface area contributed by atoms with Crippen molar-refractivity contribution in [1.82, 2.24) is 5.32 Å². The molecule has 2 aliphatic rings. The van der Waals surface area contributed by atoms with Gasteiger partial charge in [-0.1, -0.05) is 25.3 Å². The summed E-state index contributed by atoms with van der Waals surface area (Å²) in [6, 6.07) is 4.75. The number of allylic oxidation sites excluding steroid dienone is 1. The summed E-state index contributed by atoms with van der Waals surface area (Å²) in [6.07, 6.45) is 8.17. The fourth-order valence-electron chi connectivity index (χ4n) is 4.14. The van der Waals surface area contributed by atoms with Crippen LogP contribution in [0.1, 0.15) is 69.6 Å². The molecule has 1 heterocycles. The molecule has 3 nitrogen and oxygen atoms in total. The van der Waals surface area contributed by atoms with Gasteiger partial charge in [0.2, 0.25) is 0 Å². The molecule has 0 spiro atoms. The van der Waals surface area contributed by atoms with Crippen LogP contribution in [0, 0.1) is 13.8 Å². The van der Waals surface area contributed by atoms with Crippen LogP contribution < -0.4 is 10.2 Å². The molecule has 1 aromatic rings. The van der Waals surface area contributed by atoms with E-state index in [-0.39, 0.29) is 11.6 Å². The van der Waals surface area contributed by atoms with Crippen LogP contribution >= 0.6 is 0 Å². The average Bonchev–Trinajstić information content (AvgIpc) is 2.49. The van der Waals surface area contributed by atoms with Crippen LogP contribution in [0.3, 0.4) is 0 Å². The van der Waals surface area contributed by atoms with Crippen LogP contribution in [-0.2, 0) is 0 Å². The molecule has 1 N–H and O–H groups in total. The van der Waals surface area contributed by atoms with E-state index in [1.807, 2.05) is 4.90 Å². The van der Waals surface area contributed by atoms with E-state index in [2.05, 4.69) is 58.1 Å². The predicted octanol–water partition coefficient (Wildman–Crippen LogP) is 5.35. The van der Waals surface area contributed by atoms with Crippen molar-refractivity contribution in [3.63, 3.8) is 0 Å². The highest BCUT2D eigenvalue weighted by molar-refractivity contribution is 5.99. The maximum absolute atomic E-state index is 13.1. The highest BCUT2D eigenvalue weighted by Gasteiger charge is 2.36. The van der Waals surface area contributed by atoms with E-state index in [9.17, 15) is 4.79 Å². The highest BCUT2D eigenvalue weighted by Crippen LogP contribution is 2.40. The van der Waals surface area contributed by atoms with E-state index in [0.29, 0.717) is 6.04 Å². The van der Waals surface area contributed by atoms with Crippen molar-refractivity contribution in [3.8, 4) is 0 Å². The van der Waals surface area contributed by atoms with Crippen molar-refractivity contribution in [2.75, 3.05) is 4.90 Å². The quantitative estimate of drug-likeness (QED) is 0.741. The Balaban J connectivity index is 1.96. The molecule has 0 radical (unpaired) electrons. The zero-order valence-electron chi connectivity index (χ0n) is 15.7. The summed E-state index contributed by atoms with van der Waals surface area (Å²) in [5, 5.41) is 3.29. The van der Waals surface area contributed by atoms with E-state index in [4.69, 9.17) is 0 Å². The lowest BCUT2D eigenvalue weighted by Crippen LogP contribution is -2.55. The Morgan fingerprint density at radius 2 is 1.71 bits per heavy atom. The number of urea groups is 1. The van der Waals surface area contributed by atoms with Gasteiger partial charge in [0.25, 0.3) is 0 Å². The molecular weight excluding hydrogens is 296 g/mol. The number of hydrogen-bond donors (Lipinski definition) is 1. The molecule has 1 saturated carbocycles. The summed E-state index contributed by atoms with van der Waals surface area (Å²) >= 11 is 0. The summed E-state index contributed by atoms with van der Waals surface area (Å²) < 4.78 is 0. The first-order valence-electron chi connectivity index (χ1n) is 9.21. The van der Waals surface area contributed by atoms with Gasteiger partial charge in [0.15, 0.2) is 0 Å². The molecule has 3 heteroatoms. The molecule has 0 bridgehead atoms. The van der Waals surface area contributed by atoms with Gasteiger partial charge in [-0.05, 0) is 76.3 Å². The zero-order valence-corrected chi connectivity index (χ0v) is 15.7. The Kier molecular flexibility index (Phi) is 4.46. The molecule has 3 rings (SSSR count). The van der Waals surface area contributed by atoms with Crippen LogP contribution in [0.25, 0.3) is 5.57 Å². The maximum atomic E-state index is 13.1. The van der Waals surface area contributed by atoms with E-state index in [0.717, 1.165) is 18.5 Å². The van der Waals surface area contributed by atoms with Gasteiger partial charge >= 0.3 is 6.03 Å². The van der Waals surface area contributed by atoms with Gasteiger partial charge in [-0.3, -0.25) is 4.90 Å². The van der Waals surface area contributed by atoms with Gasteiger partial charge in [-0.15, -0.1) is 0 Å². The first-order chi connectivity index (χ1) is 11.3. The molecule has 24 heavy (non-hydrogen) atoms. The number of nitrogens with one attached hydrogen (secondary N) is 1. The van der Waals surface area contributed by atoms with Gasteiger partial charge in [0.05, 0.1) is 11.2 Å². The second-order valence-electron chi connectivity index (χ2n) is 8.05. The minimum atomic E-state index is -0.322. The van der Waals surface area contributed by atoms with Gasteiger partial charge < -0.3 is 5.32 Å². The van der Waals surface area contributed by atoms with E-state index in [1.54, 1.807) is 0 Å². The first kappa shape index (κ1) is 17.1. The predicted molar refractivity (Wildman–Crippen MR) is 102 cm³/mol. The van der Waals surface area contributed by atoms with Crippen molar-refractivity contribution < 1.29 is 4.79 Å². The van der Waals surface area contributed by atoms with E-state index >= 15 is 0 Å². The number of amides is 2. The lowest BCUT2D eigenvalue weighted by molar-refractivity contribution is 0.234. The standard InChI is InChI=1S/C21H30N2O/c1-14-11-18-16(3)13-21(4,5)23(19(18)12-15(14)2)20(24)22-17-9-7-6-8-10-17/h11-13,17H,6-10H2,1-5H3,(H,22,24). The Bertz CT molecular complexity index is 681. The summed E-state index contributed by atoms with van der Waals surface area (Å²) in [5.74, 6) is 0. The van der Waals surface area contributed by atoms with Crippen LogP contribution in [0.5, 0.6) is 0 Å². The summed E-state index contributed by atoms with van der Waals surface area (Å²) in [7, 11) is 0. The zero-order chi connectivity index (χ0) is 17.5. The molecule has 0 atom stereocenters. The molecule has 1 aliphatic carbocycles. The van der Waals surface area contributed by atoms with Crippen LogP contribution in [0.15, 0.2) is 18.2 Å². The smallest absolute Gasteiger partial charge is 0.322 e. The van der Waals surface area contributed by atoms with Crippen LogP contribution in [0.4, 0.5) is 10.5 Å². The molecule has 1 fully saturated rings. The van der Waals surface area contributed by atoms with Crippen molar-refractivity contribution in [2.24, 2.45) is 0 Å². The number of carbonyl (C=O) groups is 1. The van der Waals surface area contributed by atoms with Gasteiger partial charge in [0, 0.05) is 11.6 Å². The topological polar surface area (TPSA) is 32.3 Å². The van der Waals surface area contributed by atoms with E-state index in [1.165, 1.54) is 41.5 Å². The number of hydrogen-bond acceptors (Lipinski definition) is 1. The van der Waals surface area contributed by atoms with Gasteiger partial charge in [0.1, 0.15) is 0 Å². The number of nitrogens with zero attached hydrogens (tertiary/aromatic N) is 1. The molecular formula is C21H30N2O. The summed E-state index contributed by atoms with van der Waals surface area (Å²) in [6.45, 7) is 10.6. The second-order valence-corrected chi connectivity index (χ2v) is 8.05. The summed E-state index contributed by atoms with van der Waals surface area (Å²) in [5.41, 5.74) is 5.65. The largest absolute Gasteiger partial charge is 0.335 e. The third-order valence-corrected chi connectivity index (χ3v) is 5.56. The Labute approximate surface area is 146 Å². The minimum Gasteiger partial charge on any atom is -0.335 e. The van der Waals surface area contributed by atoms with Crippen molar-refractivity contribution in [1.29, 1.82) is 0 Å². The van der Waals surface area contributed by atoms with Crippen molar-refractivity contribution in [3.05, 3.63) is 34.9 Å². The second kappa shape index (κ2) is 6.27. The minimum absolute atomic E-state index is 0.0418. The lowest BCUT2D eigenvalue weighted by atomic mass is 9.87. The third-order valence-electron chi connectivity index (χ3n) is 5.56. The molecule has 2 amide bonds. The molecule has 0 aromatic heterocycles. The number of anilines is 1. The highest BCUT2D eigenvalue weighted by atomic mass is 16.2. The number of rotatable bonds is 1. The number of benzene rings is 1. The third kappa shape index (κ3) is 3.09. The molecule has 0 saturated heterocycles. The average molecular weight is 326 g/mol. The number of fused-ring (bicyclic) bond motifs is 1. The summed E-state index contributed by atoms with van der Waals surface area (Å²) in [4.78, 5) is 15.1. The first-order valence-corrected chi connectivity index (χ1v) is 9.21. The van der Waals surface area contributed by atoms with Crippen LogP contribution in [-0.4, -0.2) is 17.6 Å². The fourth-order valence-corrected chi connectivity index (χ4v) is 4.14. The Hall–Kier alpha value is -1.77. The van der Waals surface area contributed by atoms with Gasteiger partial charge in [-0.25, -0.2) is 4.79 Å².